The average Bonchev–Trinajstić information content (AvgIpc) is 3.33. The van der Waals surface area contributed by atoms with Gasteiger partial charge in [-0.25, -0.2) is 9.97 Å². The number of benzene rings is 1. The van der Waals surface area contributed by atoms with Crippen molar-refractivity contribution < 1.29 is 4.79 Å². The topological polar surface area (TPSA) is 113 Å². The summed E-state index contributed by atoms with van der Waals surface area (Å²) >= 11 is 0. The summed E-state index contributed by atoms with van der Waals surface area (Å²) in [5.74, 6) is 0.521. The standard InChI is InChI=1S/C26H28N8O/c27-9-2-4-12-33-13-15-34(16-14-33)25(35)24-18-19-17-20(6-7-21(19)31-24)30-26-29-11-8-23(32-26)22-5-1-3-10-28-22/h5-8,10-11,17-18,31H,1-4,12-16H2,(H,29,30,32). The van der Waals surface area contributed by atoms with E-state index >= 15 is 0 Å². The molecule has 0 atom stereocenters. The third-order valence-corrected chi connectivity index (χ3v) is 6.31. The van der Waals surface area contributed by atoms with Crippen LogP contribution in [0.1, 0.15) is 41.9 Å². The maximum Gasteiger partial charge on any atom is 0.270 e. The van der Waals surface area contributed by atoms with Crippen LogP contribution in [0.3, 0.4) is 0 Å². The zero-order chi connectivity index (χ0) is 24.0. The van der Waals surface area contributed by atoms with E-state index < -0.39 is 0 Å². The van der Waals surface area contributed by atoms with Crippen LogP contribution in [-0.4, -0.2) is 69.6 Å². The fourth-order valence-electron chi connectivity index (χ4n) is 4.42. The highest BCUT2D eigenvalue weighted by Gasteiger charge is 2.23. The minimum atomic E-state index is 0.0183. The molecule has 0 radical (unpaired) electrons. The molecule has 2 aromatic heterocycles. The van der Waals surface area contributed by atoms with E-state index in [1.807, 2.05) is 41.4 Å². The molecule has 1 amide bonds. The van der Waals surface area contributed by atoms with E-state index in [-0.39, 0.29) is 5.91 Å². The van der Waals surface area contributed by atoms with Crippen molar-refractivity contribution in [1.29, 1.82) is 5.26 Å². The van der Waals surface area contributed by atoms with Gasteiger partial charge in [-0.3, -0.25) is 14.7 Å². The summed E-state index contributed by atoms with van der Waals surface area (Å²) in [4.78, 5) is 33.9. The van der Waals surface area contributed by atoms with Crippen molar-refractivity contribution in [3.8, 4) is 6.07 Å². The molecule has 1 fully saturated rings. The molecule has 0 saturated carbocycles. The van der Waals surface area contributed by atoms with Crippen LogP contribution in [-0.2, 0) is 0 Å². The number of fused-ring (bicyclic) bond motifs is 1. The molecule has 1 aromatic carbocycles. The van der Waals surface area contributed by atoms with E-state index in [1.54, 1.807) is 6.20 Å². The molecule has 3 aromatic rings. The Labute approximate surface area is 204 Å². The summed E-state index contributed by atoms with van der Waals surface area (Å²) in [5, 5.41) is 12.9. The average molecular weight is 469 g/mol. The number of hydrogen-bond donors (Lipinski definition) is 2. The van der Waals surface area contributed by atoms with E-state index in [4.69, 9.17) is 5.26 Å². The minimum absolute atomic E-state index is 0.0183. The second-order valence-corrected chi connectivity index (χ2v) is 8.75. The van der Waals surface area contributed by atoms with Crippen LogP contribution < -0.4 is 5.32 Å². The maximum atomic E-state index is 13.1. The summed E-state index contributed by atoms with van der Waals surface area (Å²) < 4.78 is 0. The number of nitrogens with zero attached hydrogens (tertiary/aromatic N) is 6. The molecule has 2 N–H and O–H groups in total. The Morgan fingerprint density at radius 2 is 2.03 bits per heavy atom. The van der Waals surface area contributed by atoms with Crippen LogP contribution in [0.25, 0.3) is 16.6 Å². The molecule has 9 heteroatoms. The number of nitrogens with one attached hydrogen (secondary N) is 2. The number of allylic oxidation sites excluding steroid dienone is 1. The fourth-order valence-corrected chi connectivity index (χ4v) is 4.42. The van der Waals surface area contributed by atoms with Crippen LogP contribution in [0, 0.1) is 11.3 Å². The first kappa shape index (κ1) is 22.7. The van der Waals surface area contributed by atoms with Gasteiger partial charge < -0.3 is 15.2 Å². The minimum Gasteiger partial charge on any atom is -0.351 e. The summed E-state index contributed by atoms with van der Waals surface area (Å²) in [7, 11) is 0. The first-order valence-corrected chi connectivity index (χ1v) is 12.0. The maximum absolute atomic E-state index is 13.1. The van der Waals surface area contributed by atoms with Crippen molar-refractivity contribution in [2.24, 2.45) is 4.99 Å². The van der Waals surface area contributed by atoms with Gasteiger partial charge in [0.2, 0.25) is 5.95 Å². The van der Waals surface area contributed by atoms with Gasteiger partial charge in [-0.1, -0.05) is 6.08 Å². The van der Waals surface area contributed by atoms with Crippen molar-refractivity contribution in [1.82, 2.24) is 24.8 Å². The van der Waals surface area contributed by atoms with Gasteiger partial charge in [0.15, 0.2) is 0 Å². The SMILES string of the molecule is N#CCCCN1CCN(C(=O)c2cc3cc(Nc4nccc(C5=CCCC=N5)n4)ccc3[nH]2)CC1. The smallest absolute Gasteiger partial charge is 0.270 e. The van der Waals surface area contributed by atoms with E-state index in [9.17, 15) is 4.79 Å². The molecule has 9 nitrogen and oxygen atoms in total. The predicted molar refractivity (Wildman–Crippen MR) is 137 cm³/mol. The Balaban J connectivity index is 1.24. The summed E-state index contributed by atoms with van der Waals surface area (Å²) in [5.41, 5.74) is 4.01. The lowest BCUT2D eigenvalue weighted by molar-refractivity contribution is 0.0631. The van der Waals surface area contributed by atoms with Crippen LogP contribution in [0.15, 0.2) is 47.6 Å². The van der Waals surface area contributed by atoms with E-state index in [0.717, 1.165) is 66.9 Å². The quantitative estimate of drug-likeness (QED) is 0.507. The molecule has 1 saturated heterocycles. The van der Waals surface area contributed by atoms with Gasteiger partial charge in [-0.15, -0.1) is 0 Å². The third-order valence-electron chi connectivity index (χ3n) is 6.31. The Kier molecular flexibility index (Phi) is 6.82. The molecule has 0 unspecified atom stereocenters. The second-order valence-electron chi connectivity index (χ2n) is 8.75. The third kappa shape index (κ3) is 5.39. The van der Waals surface area contributed by atoms with Crippen LogP contribution in [0.2, 0.25) is 0 Å². The summed E-state index contributed by atoms with van der Waals surface area (Å²) in [6.45, 7) is 3.98. The predicted octanol–water partition coefficient (Wildman–Crippen LogP) is 3.97. The zero-order valence-corrected chi connectivity index (χ0v) is 19.6. The Hall–Kier alpha value is -4.03. The van der Waals surface area contributed by atoms with Gasteiger partial charge >= 0.3 is 0 Å². The molecule has 2 aliphatic rings. The van der Waals surface area contributed by atoms with Crippen molar-refractivity contribution in [3.05, 3.63) is 54.0 Å². The number of H-pyrrole nitrogens is 1. The number of carbonyl (C=O) groups is 1. The first-order chi connectivity index (χ1) is 17.2. The number of anilines is 2. The highest BCUT2D eigenvalue weighted by Crippen LogP contribution is 2.24. The lowest BCUT2D eigenvalue weighted by atomic mass is 10.2. The molecule has 0 bridgehead atoms. The second kappa shape index (κ2) is 10.5. The Bertz CT molecular complexity index is 1310. The Morgan fingerprint density at radius 1 is 1.14 bits per heavy atom. The van der Waals surface area contributed by atoms with Crippen molar-refractivity contribution in [3.63, 3.8) is 0 Å². The van der Waals surface area contributed by atoms with Gasteiger partial charge in [-0.05, 0) is 56.1 Å². The number of rotatable bonds is 7. The number of aliphatic imine (C=N–C) groups is 1. The molecular weight excluding hydrogens is 440 g/mol. The lowest BCUT2D eigenvalue weighted by Gasteiger charge is -2.34. The first-order valence-electron chi connectivity index (χ1n) is 12.0. The Morgan fingerprint density at radius 3 is 2.83 bits per heavy atom. The number of piperazine rings is 1. The van der Waals surface area contributed by atoms with Crippen LogP contribution in [0.5, 0.6) is 0 Å². The highest BCUT2D eigenvalue weighted by molar-refractivity contribution is 5.98. The molecule has 2 aliphatic heterocycles. The van der Waals surface area contributed by atoms with Gasteiger partial charge in [0.1, 0.15) is 5.69 Å². The summed E-state index contributed by atoms with van der Waals surface area (Å²) in [6.07, 6.45) is 9.12. The number of amides is 1. The normalized spacial score (nSPS) is 16.2. The number of aromatic amines is 1. The molecule has 4 heterocycles. The van der Waals surface area contributed by atoms with Crippen molar-refractivity contribution in [2.45, 2.75) is 25.7 Å². The number of aromatic nitrogens is 3. The van der Waals surface area contributed by atoms with Crippen molar-refractivity contribution in [2.75, 3.05) is 38.0 Å². The van der Waals surface area contributed by atoms with Crippen molar-refractivity contribution >= 4 is 40.4 Å². The largest absolute Gasteiger partial charge is 0.351 e. The van der Waals surface area contributed by atoms with Gasteiger partial charge in [0.05, 0.1) is 17.5 Å². The van der Waals surface area contributed by atoms with Gasteiger partial charge in [0.25, 0.3) is 5.91 Å². The summed E-state index contributed by atoms with van der Waals surface area (Å²) in [6, 6.07) is 11.8. The molecule has 0 spiro atoms. The lowest BCUT2D eigenvalue weighted by Crippen LogP contribution is -2.48. The number of nitriles is 1. The fraction of sp³-hybridized carbons (Fsp3) is 0.346. The van der Waals surface area contributed by atoms with E-state index in [0.29, 0.717) is 31.2 Å². The molecule has 35 heavy (non-hydrogen) atoms. The molecule has 5 rings (SSSR count). The molecule has 0 aliphatic carbocycles. The number of unbranched alkanes of at least 4 members (excludes halogenated alkanes) is 1. The van der Waals surface area contributed by atoms with Crippen LogP contribution >= 0.6 is 0 Å². The number of carbonyl (C=O) groups excluding carboxylic acids is 1. The highest BCUT2D eigenvalue weighted by atomic mass is 16.2. The monoisotopic (exact) mass is 468 g/mol. The zero-order valence-electron chi connectivity index (χ0n) is 19.6. The van der Waals surface area contributed by atoms with Gasteiger partial charge in [0, 0.05) is 61.6 Å². The van der Waals surface area contributed by atoms with Gasteiger partial charge in [-0.2, -0.15) is 5.26 Å². The number of hydrogen-bond acceptors (Lipinski definition) is 7. The van der Waals surface area contributed by atoms with E-state index in [2.05, 4.69) is 42.3 Å². The van der Waals surface area contributed by atoms with Crippen LogP contribution in [0.4, 0.5) is 11.6 Å². The van der Waals surface area contributed by atoms with E-state index in [1.165, 1.54) is 0 Å². The molecular formula is C26H28N8O. The molecule has 178 valence electrons.